The van der Waals surface area contributed by atoms with Gasteiger partial charge in [0, 0.05) is 7.11 Å². The summed E-state index contributed by atoms with van der Waals surface area (Å²) in [6.07, 6.45) is -0.211. The predicted molar refractivity (Wildman–Crippen MR) is 64.3 cm³/mol. The number of carbonyl (C=O) groups is 1. The van der Waals surface area contributed by atoms with E-state index in [2.05, 4.69) is 4.72 Å². The number of rotatable bonds is 8. The van der Waals surface area contributed by atoms with Gasteiger partial charge in [-0.2, -0.15) is 0 Å². The van der Waals surface area contributed by atoms with Gasteiger partial charge >= 0.3 is 5.97 Å². The fraction of sp³-hybridized carbons (Fsp3) is 0.900. The lowest BCUT2D eigenvalue weighted by Crippen LogP contribution is -2.44. The molecule has 6 nitrogen and oxygen atoms in total. The molecule has 0 aliphatic carbocycles. The van der Waals surface area contributed by atoms with Crippen LogP contribution in [0.5, 0.6) is 0 Å². The van der Waals surface area contributed by atoms with Crippen molar-refractivity contribution >= 4 is 16.0 Å². The van der Waals surface area contributed by atoms with Crippen molar-refractivity contribution in [1.29, 1.82) is 0 Å². The van der Waals surface area contributed by atoms with Crippen molar-refractivity contribution in [3.8, 4) is 0 Å². The van der Waals surface area contributed by atoms with Gasteiger partial charge in [-0.15, -0.1) is 0 Å². The summed E-state index contributed by atoms with van der Waals surface area (Å²) in [5, 5.41) is 8.92. The number of hydrogen-bond acceptors (Lipinski definition) is 4. The second-order valence-corrected chi connectivity index (χ2v) is 6.26. The number of sulfonamides is 1. The van der Waals surface area contributed by atoms with Crippen molar-refractivity contribution in [2.75, 3.05) is 12.9 Å². The Morgan fingerprint density at radius 3 is 2.24 bits per heavy atom. The van der Waals surface area contributed by atoms with Crippen LogP contribution in [0.2, 0.25) is 0 Å². The third-order valence-corrected chi connectivity index (χ3v) is 3.74. The van der Waals surface area contributed by atoms with Crippen molar-refractivity contribution in [3.63, 3.8) is 0 Å². The number of nitrogens with one attached hydrogen (secondary N) is 1. The lowest BCUT2D eigenvalue weighted by Gasteiger charge is -2.18. The van der Waals surface area contributed by atoms with Gasteiger partial charge in [0.05, 0.1) is 11.9 Å². The lowest BCUT2D eigenvalue weighted by molar-refractivity contribution is -0.139. The molecule has 2 atom stereocenters. The van der Waals surface area contributed by atoms with Crippen LogP contribution >= 0.6 is 0 Å². The van der Waals surface area contributed by atoms with Gasteiger partial charge in [0.1, 0.15) is 6.04 Å². The number of aliphatic carboxylic acids is 1. The number of ether oxygens (including phenoxy) is 1. The Hall–Kier alpha value is -0.660. The number of carboxylic acids is 1. The highest BCUT2D eigenvalue weighted by molar-refractivity contribution is 7.89. The van der Waals surface area contributed by atoms with E-state index in [1.165, 1.54) is 7.11 Å². The van der Waals surface area contributed by atoms with Crippen LogP contribution in [0.15, 0.2) is 0 Å². The van der Waals surface area contributed by atoms with Crippen molar-refractivity contribution in [3.05, 3.63) is 0 Å². The zero-order valence-corrected chi connectivity index (χ0v) is 11.5. The van der Waals surface area contributed by atoms with E-state index in [-0.39, 0.29) is 18.1 Å². The molecule has 0 aliphatic rings. The Morgan fingerprint density at radius 2 is 1.88 bits per heavy atom. The monoisotopic (exact) mass is 267 g/mol. The van der Waals surface area contributed by atoms with E-state index in [4.69, 9.17) is 9.84 Å². The van der Waals surface area contributed by atoms with Crippen molar-refractivity contribution in [1.82, 2.24) is 4.72 Å². The first-order valence-electron chi connectivity index (χ1n) is 5.43. The second kappa shape index (κ2) is 6.93. The van der Waals surface area contributed by atoms with E-state index in [1.54, 1.807) is 6.92 Å². The molecule has 0 amide bonds. The summed E-state index contributed by atoms with van der Waals surface area (Å²) in [6, 6.07) is -1.08. The fourth-order valence-corrected chi connectivity index (χ4v) is 2.79. The highest BCUT2D eigenvalue weighted by atomic mass is 32.2. The van der Waals surface area contributed by atoms with Gasteiger partial charge < -0.3 is 9.84 Å². The molecule has 0 bridgehead atoms. The minimum Gasteiger partial charge on any atom is -0.480 e. The minimum atomic E-state index is -3.64. The molecular weight excluding hydrogens is 246 g/mol. The molecule has 2 N–H and O–H groups in total. The molecule has 1 unspecified atom stereocenters. The highest BCUT2D eigenvalue weighted by Crippen LogP contribution is 2.07. The summed E-state index contributed by atoms with van der Waals surface area (Å²) >= 11 is 0. The Balaban J connectivity index is 4.58. The molecule has 102 valence electrons. The van der Waals surface area contributed by atoms with E-state index in [9.17, 15) is 13.2 Å². The van der Waals surface area contributed by atoms with Crippen molar-refractivity contribution in [2.45, 2.75) is 39.3 Å². The van der Waals surface area contributed by atoms with Gasteiger partial charge in [0.15, 0.2) is 0 Å². The summed E-state index contributed by atoms with van der Waals surface area (Å²) < 4.78 is 30.3. The summed E-state index contributed by atoms with van der Waals surface area (Å²) in [5.41, 5.74) is 0. The molecule has 0 rings (SSSR count). The molecule has 0 saturated heterocycles. The zero-order chi connectivity index (χ0) is 13.6. The Morgan fingerprint density at radius 1 is 1.35 bits per heavy atom. The van der Waals surface area contributed by atoms with Crippen LogP contribution in [-0.4, -0.2) is 44.5 Å². The molecule has 0 heterocycles. The Kier molecular flexibility index (Phi) is 6.66. The van der Waals surface area contributed by atoms with Crippen LogP contribution in [0.4, 0.5) is 0 Å². The van der Waals surface area contributed by atoms with Gasteiger partial charge in [-0.05, 0) is 19.3 Å². The van der Waals surface area contributed by atoms with Crippen LogP contribution in [0.3, 0.4) is 0 Å². The quantitative estimate of drug-likeness (QED) is 0.665. The summed E-state index contributed by atoms with van der Waals surface area (Å²) in [6.45, 7) is 5.28. The van der Waals surface area contributed by atoms with Crippen molar-refractivity contribution < 1.29 is 23.1 Å². The number of methoxy groups -OCH3 is 1. The van der Waals surface area contributed by atoms with E-state index < -0.39 is 28.1 Å². The maximum Gasteiger partial charge on any atom is 0.321 e. The maximum atomic E-state index is 11.6. The molecule has 17 heavy (non-hydrogen) atoms. The first kappa shape index (κ1) is 16.3. The molecule has 0 fully saturated rings. The smallest absolute Gasteiger partial charge is 0.321 e. The van der Waals surface area contributed by atoms with E-state index in [1.807, 2.05) is 13.8 Å². The van der Waals surface area contributed by atoms with Gasteiger partial charge in [0.25, 0.3) is 0 Å². The first-order valence-corrected chi connectivity index (χ1v) is 7.08. The molecule has 0 aromatic rings. The van der Waals surface area contributed by atoms with Gasteiger partial charge in [-0.1, -0.05) is 13.8 Å². The van der Waals surface area contributed by atoms with Crippen LogP contribution < -0.4 is 4.72 Å². The first-order chi connectivity index (χ1) is 7.68. The normalized spacial score (nSPS) is 15.8. The Bertz CT molecular complexity index is 339. The zero-order valence-electron chi connectivity index (χ0n) is 10.6. The summed E-state index contributed by atoms with van der Waals surface area (Å²) in [5.74, 6) is -1.31. The standard InChI is InChI=1S/C10H21NO5S/c1-7(2)5-9(10(12)13)11-17(14,15)6-8(3)16-4/h7-9,11H,5-6H2,1-4H3,(H,12,13)/t8?,9-/m1/s1. The van der Waals surface area contributed by atoms with Gasteiger partial charge in [-0.3, -0.25) is 4.79 Å². The maximum absolute atomic E-state index is 11.6. The third kappa shape index (κ3) is 7.30. The molecule has 0 saturated carbocycles. The predicted octanol–water partition coefficient (Wildman–Crippen LogP) is 0.440. The van der Waals surface area contributed by atoms with Crippen LogP contribution in [0.1, 0.15) is 27.2 Å². The van der Waals surface area contributed by atoms with Gasteiger partial charge in [-0.25, -0.2) is 13.1 Å². The van der Waals surface area contributed by atoms with Crippen LogP contribution in [0, 0.1) is 5.92 Å². The average Bonchev–Trinajstić information content (AvgIpc) is 2.14. The highest BCUT2D eigenvalue weighted by Gasteiger charge is 2.25. The number of hydrogen-bond donors (Lipinski definition) is 2. The topological polar surface area (TPSA) is 92.7 Å². The molecular formula is C10H21NO5S. The van der Waals surface area contributed by atoms with Crippen molar-refractivity contribution in [2.24, 2.45) is 5.92 Å². The second-order valence-electron chi connectivity index (χ2n) is 4.47. The number of carboxylic acid groups (broad SMARTS) is 1. The molecule has 0 aromatic carbocycles. The fourth-order valence-electron chi connectivity index (χ4n) is 1.31. The average molecular weight is 267 g/mol. The van der Waals surface area contributed by atoms with Gasteiger partial charge in [0.2, 0.25) is 10.0 Å². The molecule has 0 aromatic heterocycles. The SMILES string of the molecule is COC(C)CS(=O)(=O)N[C@H](CC(C)C)C(=O)O. The van der Waals surface area contributed by atoms with Crippen LogP contribution in [-0.2, 0) is 19.6 Å². The Labute approximate surface area is 102 Å². The van der Waals surface area contributed by atoms with Crippen LogP contribution in [0.25, 0.3) is 0 Å². The van der Waals surface area contributed by atoms with E-state index >= 15 is 0 Å². The molecule has 0 spiro atoms. The largest absolute Gasteiger partial charge is 0.480 e. The molecule has 0 aliphatic heterocycles. The summed E-state index contributed by atoms with van der Waals surface area (Å²) in [7, 11) is -2.23. The van der Waals surface area contributed by atoms with E-state index in [0.717, 1.165) is 0 Å². The summed E-state index contributed by atoms with van der Waals surface area (Å²) in [4.78, 5) is 10.9. The van der Waals surface area contributed by atoms with E-state index in [0.29, 0.717) is 0 Å². The molecule has 7 heteroatoms. The third-order valence-electron chi connectivity index (χ3n) is 2.18. The molecule has 0 radical (unpaired) electrons. The lowest BCUT2D eigenvalue weighted by atomic mass is 10.1. The minimum absolute atomic E-state index is 0.0960.